The minimum absolute atomic E-state index is 0.0944. The summed E-state index contributed by atoms with van der Waals surface area (Å²) in [5.41, 5.74) is 0. The van der Waals surface area contributed by atoms with Crippen molar-refractivity contribution in [1.29, 1.82) is 0 Å². The molecule has 0 bridgehead atoms. The van der Waals surface area contributed by atoms with Gasteiger partial charge >= 0.3 is 0 Å². The zero-order chi connectivity index (χ0) is 14.0. The molecule has 1 N–H and O–H groups in total. The van der Waals surface area contributed by atoms with Crippen molar-refractivity contribution in [3.05, 3.63) is 12.7 Å². The number of carbonyl (C=O) groups excluding carboxylic acids is 1. The Labute approximate surface area is 111 Å². The average Bonchev–Trinajstić information content (AvgIpc) is 2.22. The molecule has 0 aromatic carbocycles. The number of carboxylic acids is 1. The fourth-order valence-electron chi connectivity index (χ4n) is 2.07. The molecule has 0 spiro atoms. The van der Waals surface area contributed by atoms with Crippen molar-refractivity contribution in [3.8, 4) is 0 Å². The monoisotopic (exact) mass is 257 g/mol. The van der Waals surface area contributed by atoms with Gasteiger partial charge in [-0.25, -0.2) is 0 Å². The van der Waals surface area contributed by atoms with Crippen LogP contribution in [0.15, 0.2) is 12.7 Å². The standard InChI is InChI=1S/C14H27NO3/c1-4-5-6-7-9-13(16)12-15(2,3)11-8-10-14(17)18/h4,13,16H,1,5-12H2,2-3H3. The maximum absolute atomic E-state index is 10.3. The van der Waals surface area contributed by atoms with Gasteiger partial charge in [-0.2, -0.15) is 0 Å². The van der Waals surface area contributed by atoms with E-state index in [1.807, 2.05) is 20.2 Å². The number of aliphatic carboxylic acids is 1. The van der Waals surface area contributed by atoms with E-state index in [0.717, 1.165) is 32.2 Å². The summed E-state index contributed by atoms with van der Waals surface area (Å²) in [7, 11) is 4.03. The van der Waals surface area contributed by atoms with Crippen LogP contribution in [0, 0.1) is 0 Å². The van der Waals surface area contributed by atoms with Gasteiger partial charge in [0.05, 0.1) is 20.6 Å². The predicted octanol–water partition coefficient (Wildman–Crippen LogP) is 0.700. The lowest BCUT2D eigenvalue weighted by molar-refractivity contribution is -0.893. The summed E-state index contributed by atoms with van der Waals surface area (Å²) in [5, 5.41) is 20.3. The van der Waals surface area contributed by atoms with E-state index >= 15 is 0 Å². The highest BCUT2D eigenvalue weighted by Crippen LogP contribution is 2.09. The second-order valence-electron chi connectivity index (χ2n) is 5.54. The van der Waals surface area contributed by atoms with Crippen LogP contribution in [0.5, 0.6) is 0 Å². The first-order chi connectivity index (χ1) is 8.37. The molecular formula is C14H27NO3. The molecule has 0 amide bonds. The lowest BCUT2D eigenvalue weighted by atomic mass is 10.1. The fraction of sp³-hybridized carbons (Fsp3) is 0.786. The van der Waals surface area contributed by atoms with Gasteiger partial charge in [0.15, 0.2) is 0 Å². The van der Waals surface area contributed by atoms with Gasteiger partial charge < -0.3 is 19.5 Å². The number of hydrogen-bond acceptors (Lipinski definition) is 3. The Morgan fingerprint density at radius 3 is 2.61 bits per heavy atom. The van der Waals surface area contributed by atoms with Crippen LogP contribution in [0.25, 0.3) is 0 Å². The molecule has 0 fully saturated rings. The molecule has 1 unspecified atom stereocenters. The number of aliphatic hydroxyl groups is 1. The molecule has 1 atom stereocenters. The second kappa shape index (κ2) is 9.11. The summed E-state index contributed by atoms with van der Waals surface area (Å²) in [5.74, 6) is -1.00. The van der Waals surface area contributed by atoms with Crippen molar-refractivity contribution in [1.82, 2.24) is 0 Å². The molecule has 0 aliphatic carbocycles. The third-order valence-electron chi connectivity index (χ3n) is 3.04. The number of likely N-dealkylation sites (N-methyl/N-ethyl adjacent to an activating group) is 1. The Morgan fingerprint density at radius 1 is 1.39 bits per heavy atom. The summed E-state index contributed by atoms with van der Waals surface area (Å²) in [4.78, 5) is 10.3. The Morgan fingerprint density at radius 2 is 2.06 bits per heavy atom. The molecule has 0 saturated carbocycles. The normalized spacial score (nSPS) is 13.3. The summed E-state index contributed by atoms with van der Waals surface area (Å²) < 4.78 is 0.649. The van der Waals surface area contributed by atoms with Crippen LogP contribution in [0.2, 0.25) is 0 Å². The van der Waals surface area contributed by atoms with Crippen LogP contribution < -0.4 is 5.11 Å². The number of hydrogen-bond donors (Lipinski definition) is 1. The third-order valence-corrected chi connectivity index (χ3v) is 3.04. The molecule has 106 valence electrons. The predicted molar refractivity (Wildman–Crippen MR) is 70.8 cm³/mol. The molecule has 0 rings (SSSR count). The van der Waals surface area contributed by atoms with E-state index in [-0.39, 0.29) is 12.5 Å². The Hall–Kier alpha value is -0.870. The van der Waals surface area contributed by atoms with E-state index in [1.54, 1.807) is 0 Å². The van der Waals surface area contributed by atoms with E-state index in [0.29, 0.717) is 17.4 Å². The first kappa shape index (κ1) is 17.1. The first-order valence-corrected chi connectivity index (χ1v) is 6.68. The number of nitrogens with zero attached hydrogens (tertiary/aromatic N) is 1. The summed E-state index contributed by atoms with van der Waals surface area (Å²) in [6, 6.07) is 0. The maximum atomic E-state index is 10.3. The van der Waals surface area contributed by atoms with Crippen molar-refractivity contribution in [3.63, 3.8) is 0 Å². The van der Waals surface area contributed by atoms with Gasteiger partial charge in [-0.3, -0.25) is 0 Å². The molecule has 0 aliphatic heterocycles. The highest BCUT2D eigenvalue weighted by atomic mass is 16.4. The molecule has 0 aromatic heterocycles. The lowest BCUT2D eigenvalue weighted by Gasteiger charge is -2.32. The Kier molecular flexibility index (Phi) is 8.67. The molecule has 0 saturated heterocycles. The largest absolute Gasteiger partial charge is 0.550 e. The molecular weight excluding hydrogens is 230 g/mol. The number of aliphatic hydroxyl groups excluding tert-OH is 1. The van der Waals surface area contributed by atoms with Crippen molar-refractivity contribution >= 4 is 5.97 Å². The molecule has 0 aliphatic rings. The van der Waals surface area contributed by atoms with Gasteiger partial charge in [-0.1, -0.05) is 12.5 Å². The van der Waals surface area contributed by atoms with Gasteiger partial charge in [-0.15, -0.1) is 6.58 Å². The van der Waals surface area contributed by atoms with Crippen LogP contribution >= 0.6 is 0 Å². The smallest absolute Gasteiger partial charge is 0.105 e. The Balaban J connectivity index is 3.77. The van der Waals surface area contributed by atoms with Crippen LogP contribution in [0.1, 0.15) is 38.5 Å². The maximum Gasteiger partial charge on any atom is 0.105 e. The molecule has 0 radical (unpaired) electrons. The number of rotatable bonds is 11. The first-order valence-electron chi connectivity index (χ1n) is 6.68. The van der Waals surface area contributed by atoms with Crippen molar-refractivity contribution in [2.45, 2.75) is 44.6 Å². The van der Waals surface area contributed by atoms with Crippen molar-refractivity contribution in [2.24, 2.45) is 0 Å². The number of allylic oxidation sites excluding steroid dienone is 1. The summed E-state index contributed by atoms with van der Waals surface area (Å²) >= 11 is 0. The van der Waals surface area contributed by atoms with Gasteiger partial charge in [0.1, 0.15) is 12.6 Å². The van der Waals surface area contributed by atoms with E-state index in [1.165, 1.54) is 0 Å². The molecule has 4 heteroatoms. The number of unbranched alkanes of at least 4 members (excludes halogenated alkanes) is 2. The number of carbonyl (C=O) groups is 1. The molecule has 0 aromatic rings. The van der Waals surface area contributed by atoms with Crippen molar-refractivity contribution in [2.75, 3.05) is 27.2 Å². The lowest BCUT2D eigenvalue weighted by Crippen LogP contribution is -2.46. The molecule has 0 heterocycles. The van der Waals surface area contributed by atoms with Gasteiger partial charge in [0, 0.05) is 12.4 Å². The number of quaternary nitrogens is 1. The van der Waals surface area contributed by atoms with E-state index in [4.69, 9.17) is 0 Å². The SMILES string of the molecule is C=CCCCCC(O)C[N+](C)(C)CCCC(=O)[O-]. The second-order valence-corrected chi connectivity index (χ2v) is 5.54. The molecule has 4 nitrogen and oxygen atoms in total. The van der Waals surface area contributed by atoms with Crippen LogP contribution in [-0.4, -0.2) is 48.8 Å². The zero-order valence-corrected chi connectivity index (χ0v) is 11.7. The summed E-state index contributed by atoms with van der Waals surface area (Å²) in [6.07, 6.45) is 6.15. The minimum Gasteiger partial charge on any atom is -0.550 e. The quantitative estimate of drug-likeness (QED) is 0.337. The topological polar surface area (TPSA) is 60.4 Å². The molecule has 18 heavy (non-hydrogen) atoms. The minimum atomic E-state index is -1.00. The summed E-state index contributed by atoms with van der Waals surface area (Å²) in [6.45, 7) is 5.08. The van der Waals surface area contributed by atoms with Crippen molar-refractivity contribution < 1.29 is 19.5 Å². The van der Waals surface area contributed by atoms with E-state index < -0.39 is 5.97 Å². The van der Waals surface area contributed by atoms with Crippen LogP contribution in [0.3, 0.4) is 0 Å². The fourth-order valence-corrected chi connectivity index (χ4v) is 2.07. The van der Waals surface area contributed by atoms with Crippen LogP contribution in [0.4, 0.5) is 0 Å². The average molecular weight is 257 g/mol. The van der Waals surface area contributed by atoms with E-state index in [2.05, 4.69) is 6.58 Å². The van der Waals surface area contributed by atoms with Gasteiger partial charge in [-0.05, 0) is 25.7 Å². The zero-order valence-electron chi connectivity index (χ0n) is 11.7. The van der Waals surface area contributed by atoms with Gasteiger partial charge in [0.25, 0.3) is 0 Å². The van der Waals surface area contributed by atoms with Crippen LogP contribution in [-0.2, 0) is 4.79 Å². The Bertz CT molecular complexity index is 251. The van der Waals surface area contributed by atoms with E-state index in [9.17, 15) is 15.0 Å². The van der Waals surface area contributed by atoms with Gasteiger partial charge in [0.2, 0.25) is 0 Å². The third kappa shape index (κ3) is 10.3. The number of carboxylic acid groups (broad SMARTS) is 1. The highest BCUT2D eigenvalue weighted by molar-refractivity contribution is 5.64. The highest BCUT2D eigenvalue weighted by Gasteiger charge is 2.19.